The van der Waals surface area contributed by atoms with Gasteiger partial charge >= 0.3 is 6.18 Å². The van der Waals surface area contributed by atoms with Gasteiger partial charge in [-0.05, 0) is 53.9 Å². The Hall–Kier alpha value is -2.56. The Balaban J connectivity index is 1.66. The summed E-state index contributed by atoms with van der Waals surface area (Å²) in [7, 11) is 0. The van der Waals surface area contributed by atoms with E-state index in [9.17, 15) is 27.9 Å². The van der Waals surface area contributed by atoms with Crippen molar-refractivity contribution in [3.8, 4) is 5.75 Å². The van der Waals surface area contributed by atoms with Crippen molar-refractivity contribution in [1.82, 2.24) is 4.90 Å². The molecule has 2 fully saturated rings. The van der Waals surface area contributed by atoms with Crippen molar-refractivity contribution >= 4 is 29.0 Å². The Morgan fingerprint density at radius 2 is 2.06 bits per heavy atom. The number of ether oxygens (including phenoxy) is 2. The molecular formula is C22H20F3NO5S. The fourth-order valence-electron chi connectivity index (χ4n) is 3.87. The number of hydrogen-bond acceptors (Lipinski definition) is 6. The minimum absolute atomic E-state index is 0.00231. The summed E-state index contributed by atoms with van der Waals surface area (Å²) in [6, 6.07) is 2.24. The molecule has 2 atom stereocenters. The van der Waals surface area contributed by atoms with Gasteiger partial charge in [-0.25, -0.2) is 0 Å². The van der Waals surface area contributed by atoms with Crippen molar-refractivity contribution in [2.75, 3.05) is 19.8 Å². The summed E-state index contributed by atoms with van der Waals surface area (Å²) in [5, 5.41) is 8.99. The Morgan fingerprint density at radius 1 is 1.25 bits per heavy atom. The Labute approximate surface area is 186 Å². The van der Waals surface area contributed by atoms with Crippen LogP contribution in [0.15, 0.2) is 46.9 Å². The zero-order chi connectivity index (χ0) is 22.9. The van der Waals surface area contributed by atoms with Gasteiger partial charge in [-0.1, -0.05) is 24.3 Å². The van der Waals surface area contributed by atoms with Crippen molar-refractivity contribution in [2.24, 2.45) is 0 Å². The summed E-state index contributed by atoms with van der Waals surface area (Å²) in [6.07, 6.45) is 3.05. The quantitative estimate of drug-likeness (QED) is 0.657. The number of amides is 2. The molecule has 1 aromatic carbocycles. The lowest BCUT2D eigenvalue weighted by Crippen LogP contribution is -2.51. The molecule has 10 heteroatoms. The molecule has 0 radical (unpaired) electrons. The molecule has 2 amide bonds. The van der Waals surface area contributed by atoms with Crippen molar-refractivity contribution < 1.29 is 37.3 Å². The van der Waals surface area contributed by atoms with Crippen LogP contribution in [0.1, 0.15) is 24.0 Å². The third-order valence-corrected chi connectivity index (χ3v) is 6.23. The first-order valence-electron chi connectivity index (χ1n) is 9.98. The number of phenolic OH excluding ortho intramolecular Hbond substituents is 1. The second-order valence-corrected chi connectivity index (χ2v) is 8.46. The summed E-state index contributed by atoms with van der Waals surface area (Å²) < 4.78 is 50.6. The number of carbonyl (C=O) groups is 2. The molecule has 0 saturated carbocycles. The average molecular weight is 467 g/mol. The normalized spacial score (nSPS) is 24.2. The monoisotopic (exact) mass is 467 g/mol. The number of rotatable bonds is 4. The number of phenols is 1. The lowest BCUT2D eigenvalue weighted by Gasteiger charge is -2.36. The molecule has 0 spiro atoms. The van der Waals surface area contributed by atoms with E-state index in [0.29, 0.717) is 31.4 Å². The SMILES string of the molecule is O=C1SC(=Cc2ccc(O)c(C(F)(F)F)c2)C(=O)N1C(C1=CC=CCC1)C1COCCO1. The molecule has 0 bridgehead atoms. The minimum atomic E-state index is -4.75. The number of nitrogens with zero attached hydrogens (tertiary/aromatic N) is 1. The number of benzene rings is 1. The summed E-state index contributed by atoms with van der Waals surface area (Å²) >= 11 is 0.664. The molecule has 1 aromatic rings. The number of alkyl halides is 3. The lowest BCUT2D eigenvalue weighted by molar-refractivity contribution is -0.138. The van der Waals surface area contributed by atoms with Gasteiger partial charge in [0.1, 0.15) is 11.9 Å². The molecule has 4 rings (SSSR count). The van der Waals surface area contributed by atoms with Gasteiger partial charge in [-0.3, -0.25) is 14.5 Å². The van der Waals surface area contributed by atoms with Crippen LogP contribution in [-0.4, -0.2) is 53.1 Å². The largest absolute Gasteiger partial charge is 0.507 e. The topological polar surface area (TPSA) is 76.1 Å². The van der Waals surface area contributed by atoms with Crippen molar-refractivity contribution in [2.45, 2.75) is 31.2 Å². The smallest absolute Gasteiger partial charge is 0.419 e. The zero-order valence-corrected chi connectivity index (χ0v) is 17.6. The van der Waals surface area contributed by atoms with Crippen LogP contribution in [0.25, 0.3) is 6.08 Å². The highest BCUT2D eigenvalue weighted by atomic mass is 32.2. The van der Waals surface area contributed by atoms with Gasteiger partial charge in [0.25, 0.3) is 11.1 Å². The molecule has 1 N–H and O–H groups in total. The number of hydrogen-bond donors (Lipinski definition) is 1. The molecule has 0 aromatic heterocycles. The number of imide groups is 1. The average Bonchev–Trinajstić information content (AvgIpc) is 3.04. The van der Waals surface area contributed by atoms with E-state index in [-0.39, 0.29) is 17.1 Å². The molecule has 2 saturated heterocycles. The van der Waals surface area contributed by atoms with Gasteiger partial charge in [-0.2, -0.15) is 13.2 Å². The second-order valence-electron chi connectivity index (χ2n) is 7.46. The van der Waals surface area contributed by atoms with Crippen LogP contribution in [-0.2, 0) is 20.4 Å². The van der Waals surface area contributed by atoms with E-state index in [4.69, 9.17) is 9.47 Å². The predicted octanol–water partition coefficient (Wildman–Crippen LogP) is 4.51. The fourth-order valence-corrected chi connectivity index (χ4v) is 4.73. The lowest BCUT2D eigenvalue weighted by atomic mass is 9.92. The maximum atomic E-state index is 13.2. The molecule has 3 aliphatic rings. The molecule has 6 nitrogen and oxygen atoms in total. The Bertz CT molecular complexity index is 1010. The van der Waals surface area contributed by atoms with Gasteiger partial charge in [0.2, 0.25) is 0 Å². The molecule has 2 aliphatic heterocycles. The highest BCUT2D eigenvalue weighted by Crippen LogP contribution is 2.40. The third-order valence-electron chi connectivity index (χ3n) is 5.35. The predicted molar refractivity (Wildman–Crippen MR) is 112 cm³/mol. The van der Waals surface area contributed by atoms with E-state index in [0.717, 1.165) is 29.0 Å². The molecule has 32 heavy (non-hydrogen) atoms. The first kappa shape index (κ1) is 22.6. The maximum Gasteiger partial charge on any atom is 0.419 e. The van der Waals surface area contributed by atoms with Crippen LogP contribution in [0.2, 0.25) is 0 Å². The summed E-state index contributed by atoms with van der Waals surface area (Å²) in [5.41, 5.74) is -0.306. The Morgan fingerprint density at radius 3 is 2.72 bits per heavy atom. The highest BCUT2D eigenvalue weighted by molar-refractivity contribution is 8.18. The second kappa shape index (κ2) is 9.13. The number of thioether (sulfide) groups is 1. The number of allylic oxidation sites excluding steroid dienone is 3. The zero-order valence-electron chi connectivity index (χ0n) is 16.8. The number of carbonyl (C=O) groups excluding carboxylic acids is 2. The van der Waals surface area contributed by atoms with Gasteiger partial charge in [-0.15, -0.1) is 0 Å². The van der Waals surface area contributed by atoms with Crippen molar-refractivity contribution in [3.63, 3.8) is 0 Å². The van der Waals surface area contributed by atoms with Crippen LogP contribution in [0.3, 0.4) is 0 Å². The van der Waals surface area contributed by atoms with E-state index in [1.807, 2.05) is 18.2 Å². The van der Waals surface area contributed by atoms with Crippen LogP contribution in [0.4, 0.5) is 18.0 Å². The molecule has 2 heterocycles. The fraction of sp³-hybridized carbons (Fsp3) is 0.364. The molecular weight excluding hydrogens is 447 g/mol. The first-order valence-corrected chi connectivity index (χ1v) is 10.8. The van der Waals surface area contributed by atoms with E-state index in [1.54, 1.807) is 0 Å². The van der Waals surface area contributed by atoms with E-state index < -0.39 is 40.8 Å². The van der Waals surface area contributed by atoms with Crippen LogP contribution in [0.5, 0.6) is 5.75 Å². The van der Waals surface area contributed by atoms with E-state index in [1.165, 1.54) is 12.1 Å². The number of aromatic hydroxyl groups is 1. The molecule has 2 unspecified atom stereocenters. The highest BCUT2D eigenvalue weighted by Gasteiger charge is 2.45. The van der Waals surface area contributed by atoms with Gasteiger partial charge in [0, 0.05) is 0 Å². The van der Waals surface area contributed by atoms with Crippen LogP contribution < -0.4 is 0 Å². The maximum absolute atomic E-state index is 13.2. The van der Waals surface area contributed by atoms with Crippen LogP contribution >= 0.6 is 11.8 Å². The van der Waals surface area contributed by atoms with E-state index in [2.05, 4.69) is 0 Å². The Kier molecular flexibility index (Phi) is 6.45. The van der Waals surface area contributed by atoms with E-state index >= 15 is 0 Å². The van der Waals surface area contributed by atoms with Crippen LogP contribution in [0, 0.1) is 0 Å². The number of halogens is 3. The summed E-state index contributed by atoms with van der Waals surface area (Å²) in [6.45, 7) is 0.982. The van der Waals surface area contributed by atoms with Gasteiger partial charge < -0.3 is 14.6 Å². The molecule has 170 valence electrons. The summed E-state index contributed by atoms with van der Waals surface area (Å²) in [4.78, 5) is 27.2. The third kappa shape index (κ3) is 4.62. The summed E-state index contributed by atoms with van der Waals surface area (Å²) in [5.74, 6) is -1.51. The molecule has 1 aliphatic carbocycles. The first-order chi connectivity index (χ1) is 15.3. The standard InChI is InChI=1S/C22H20F3NO5S/c23-22(24,25)15-10-13(6-7-16(15)27)11-18-20(28)26(21(29)32-18)19(14-4-2-1-3-5-14)17-12-30-8-9-31-17/h1-2,4,6-7,10-11,17,19,27H,3,5,8-9,12H2. The minimum Gasteiger partial charge on any atom is -0.507 e. The van der Waals surface area contributed by atoms with Crippen molar-refractivity contribution in [3.05, 3.63) is 58.0 Å². The van der Waals surface area contributed by atoms with Gasteiger partial charge in [0.05, 0.1) is 36.3 Å². The van der Waals surface area contributed by atoms with Crippen molar-refractivity contribution in [1.29, 1.82) is 0 Å². The van der Waals surface area contributed by atoms with Gasteiger partial charge in [0.15, 0.2) is 0 Å².